The van der Waals surface area contributed by atoms with Crippen LogP contribution in [-0.4, -0.2) is 39.7 Å². The number of H-pyrrole nitrogens is 1. The molecule has 0 spiro atoms. The number of thiazole rings is 1. The largest absolute Gasteiger partial charge is 0.508 e. The van der Waals surface area contributed by atoms with Crippen molar-refractivity contribution >= 4 is 52.2 Å². The fourth-order valence-corrected chi connectivity index (χ4v) is 7.40. The number of rotatable bonds is 6. The van der Waals surface area contributed by atoms with Crippen molar-refractivity contribution in [2.45, 2.75) is 16.2 Å². The first-order valence-electron chi connectivity index (χ1n) is 12.1. The van der Waals surface area contributed by atoms with Gasteiger partial charge in [-0.05, 0) is 66.2 Å². The molecule has 3 unspecified atom stereocenters. The highest BCUT2D eigenvalue weighted by atomic mass is 32.2. The molecule has 0 saturated carbocycles. The van der Waals surface area contributed by atoms with Gasteiger partial charge < -0.3 is 20.1 Å². The molecule has 3 amide bonds. The summed E-state index contributed by atoms with van der Waals surface area (Å²) in [5.74, 6) is -2.56. The van der Waals surface area contributed by atoms with Gasteiger partial charge in [-0.3, -0.25) is 19.2 Å². The number of phenols is 1. The van der Waals surface area contributed by atoms with Crippen LogP contribution in [0.25, 0.3) is 0 Å². The topological polar surface area (TPSA) is 129 Å². The molecule has 40 heavy (non-hydrogen) atoms. The Balaban J connectivity index is 1.24. The fourth-order valence-electron chi connectivity index (χ4n) is 4.88. The number of anilines is 2. The van der Waals surface area contributed by atoms with Crippen LogP contribution >= 0.6 is 23.1 Å². The van der Waals surface area contributed by atoms with E-state index in [9.17, 15) is 28.7 Å². The summed E-state index contributed by atoms with van der Waals surface area (Å²) >= 11 is 2.16. The molecule has 0 radical (unpaired) electrons. The molecule has 2 aliphatic rings. The van der Waals surface area contributed by atoms with Crippen LogP contribution in [0, 0.1) is 11.7 Å². The number of carbonyl (C=O) groups is 3. The van der Waals surface area contributed by atoms with Gasteiger partial charge in [0.25, 0.3) is 5.91 Å². The fraction of sp³-hybridized carbons (Fsp3) is 0.143. The average molecular weight is 578 g/mol. The first-order chi connectivity index (χ1) is 19.3. The number of halogens is 1. The number of benzene rings is 3. The van der Waals surface area contributed by atoms with Gasteiger partial charge in [-0.1, -0.05) is 35.2 Å². The maximum absolute atomic E-state index is 13.7. The van der Waals surface area contributed by atoms with Crippen molar-refractivity contribution in [3.63, 3.8) is 0 Å². The molecule has 12 heteroatoms. The number of aromatic hydroxyl groups is 1. The molecule has 4 aromatic rings. The standard InChI is InChI=1S/C28H20FN3O6S2/c29-15-3-7-17(8-4-15)32-26(35)22-21(23-25(31-28(37)40-23)39-24(22)27(32)36)14-1-11-19(12-2-14)38-13-20(34)30-16-5-9-18(33)10-6-16/h1-12,21-22,24,33H,13H2,(H,30,34)(H,31,37). The van der Waals surface area contributed by atoms with Crippen molar-refractivity contribution in [1.29, 1.82) is 0 Å². The number of imide groups is 1. The van der Waals surface area contributed by atoms with Crippen LogP contribution in [0.2, 0.25) is 0 Å². The highest BCUT2D eigenvalue weighted by Gasteiger charge is 2.56. The van der Waals surface area contributed by atoms with Crippen molar-refractivity contribution in [3.8, 4) is 11.5 Å². The van der Waals surface area contributed by atoms with Gasteiger partial charge in [-0.15, -0.1) is 0 Å². The number of aromatic amines is 1. The quantitative estimate of drug-likeness (QED) is 0.233. The monoisotopic (exact) mass is 577 g/mol. The zero-order valence-corrected chi connectivity index (χ0v) is 22.1. The Morgan fingerprint density at radius 2 is 1.68 bits per heavy atom. The SMILES string of the molecule is O=C(COc1ccc(C2c3sc(=O)[nH]c3SC3C(=O)N(c4ccc(F)cc4)C(=O)C32)cc1)Nc1ccc(O)cc1. The van der Waals surface area contributed by atoms with Crippen molar-refractivity contribution < 1.29 is 28.6 Å². The second-order valence-corrected chi connectivity index (χ2v) is 11.4. The summed E-state index contributed by atoms with van der Waals surface area (Å²) in [6.45, 7) is -0.256. The van der Waals surface area contributed by atoms with Crippen LogP contribution in [0.4, 0.5) is 15.8 Å². The predicted molar refractivity (Wildman–Crippen MR) is 147 cm³/mol. The third-order valence-corrected chi connectivity index (χ3v) is 9.07. The average Bonchev–Trinajstić information content (AvgIpc) is 3.44. The lowest BCUT2D eigenvalue weighted by molar-refractivity contribution is -0.122. The summed E-state index contributed by atoms with van der Waals surface area (Å²) in [4.78, 5) is 55.9. The number of nitrogens with zero attached hydrogens (tertiary/aromatic N) is 1. The summed E-state index contributed by atoms with van der Waals surface area (Å²) < 4.78 is 19.1. The van der Waals surface area contributed by atoms with E-state index in [1.807, 2.05) is 0 Å². The second-order valence-electron chi connectivity index (χ2n) is 9.19. The number of aromatic nitrogens is 1. The smallest absolute Gasteiger partial charge is 0.305 e. The highest BCUT2D eigenvalue weighted by Crippen LogP contribution is 2.53. The molecule has 202 valence electrons. The molecule has 0 aliphatic carbocycles. The number of hydrogen-bond acceptors (Lipinski definition) is 8. The molecule has 1 saturated heterocycles. The van der Waals surface area contributed by atoms with E-state index < -0.39 is 34.7 Å². The Labute approximate surface area is 234 Å². The molecular weight excluding hydrogens is 557 g/mol. The highest BCUT2D eigenvalue weighted by molar-refractivity contribution is 8.00. The molecule has 0 bridgehead atoms. The molecule has 3 heterocycles. The van der Waals surface area contributed by atoms with Gasteiger partial charge in [-0.2, -0.15) is 0 Å². The van der Waals surface area contributed by atoms with E-state index in [4.69, 9.17) is 4.74 Å². The summed E-state index contributed by atoms with van der Waals surface area (Å²) in [5.41, 5.74) is 1.50. The number of phenolic OH excluding ortho intramolecular Hbond substituents is 1. The van der Waals surface area contributed by atoms with Crippen molar-refractivity contribution in [3.05, 3.63) is 98.7 Å². The van der Waals surface area contributed by atoms with E-state index in [2.05, 4.69) is 10.3 Å². The number of hydrogen-bond donors (Lipinski definition) is 3. The third-order valence-electron chi connectivity index (χ3n) is 6.67. The van der Waals surface area contributed by atoms with Crippen LogP contribution in [0.1, 0.15) is 16.4 Å². The van der Waals surface area contributed by atoms with Gasteiger partial charge in [0.1, 0.15) is 22.6 Å². The van der Waals surface area contributed by atoms with Crippen LogP contribution in [0.15, 0.2) is 82.6 Å². The van der Waals surface area contributed by atoms with E-state index in [-0.39, 0.29) is 28.8 Å². The van der Waals surface area contributed by atoms with Gasteiger partial charge in [0.05, 0.1) is 16.6 Å². The molecule has 3 aromatic carbocycles. The van der Waals surface area contributed by atoms with E-state index >= 15 is 0 Å². The number of fused-ring (bicyclic) bond motifs is 2. The molecule has 6 rings (SSSR count). The van der Waals surface area contributed by atoms with Gasteiger partial charge in [0, 0.05) is 16.5 Å². The molecule has 3 N–H and O–H groups in total. The van der Waals surface area contributed by atoms with Gasteiger partial charge in [-0.25, -0.2) is 9.29 Å². The van der Waals surface area contributed by atoms with E-state index in [0.717, 1.165) is 28.0 Å². The third kappa shape index (κ3) is 4.75. The lowest BCUT2D eigenvalue weighted by Gasteiger charge is -2.29. The number of ether oxygens (including phenoxy) is 1. The summed E-state index contributed by atoms with van der Waals surface area (Å²) in [6, 6.07) is 18.0. The van der Waals surface area contributed by atoms with Gasteiger partial charge in [0.15, 0.2) is 6.61 Å². The summed E-state index contributed by atoms with van der Waals surface area (Å²) in [6.07, 6.45) is 0. The molecular formula is C28H20FN3O6S2. The lowest BCUT2D eigenvalue weighted by Crippen LogP contribution is -2.32. The molecule has 3 atom stereocenters. The van der Waals surface area contributed by atoms with Crippen molar-refractivity contribution in [2.75, 3.05) is 16.8 Å². The Morgan fingerprint density at radius 1 is 0.975 bits per heavy atom. The van der Waals surface area contributed by atoms with Crippen molar-refractivity contribution in [1.82, 2.24) is 4.98 Å². The maximum Gasteiger partial charge on any atom is 0.305 e. The summed E-state index contributed by atoms with van der Waals surface area (Å²) in [7, 11) is 0. The summed E-state index contributed by atoms with van der Waals surface area (Å²) in [5, 5.41) is 11.8. The molecule has 1 fully saturated rings. The number of carbonyl (C=O) groups excluding carboxylic acids is 3. The maximum atomic E-state index is 13.7. The van der Waals surface area contributed by atoms with Crippen LogP contribution < -0.4 is 19.8 Å². The van der Waals surface area contributed by atoms with Crippen LogP contribution in [-0.2, 0) is 14.4 Å². The molecule has 2 aliphatic heterocycles. The second kappa shape index (κ2) is 10.3. The Kier molecular flexibility index (Phi) is 6.64. The number of amides is 3. The van der Waals surface area contributed by atoms with Crippen LogP contribution in [0.5, 0.6) is 11.5 Å². The Morgan fingerprint density at radius 3 is 2.38 bits per heavy atom. The van der Waals surface area contributed by atoms with E-state index in [1.165, 1.54) is 36.4 Å². The van der Waals surface area contributed by atoms with E-state index in [0.29, 0.717) is 26.9 Å². The number of thioether (sulfide) groups is 1. The Hall–Kier alpha value is -4.42. The van der Waals surface area contributed by atoms with E-state index in [1.54, 1.807) is 36.4 Å². The molecule has 9 nitrogen and oxygen atoms in total. The molecule has 1 aromatic heterocycles. The first kappa shape index (κ1) is 25.8. The van der Waals surface area contributed by atoms with Crippen molar-refractivity contribution in [2.24, 2.45) is 5.92 Å². The predicted octanol–water partition coefficient (Wildman–Crippen LogP) is 4.09. The minimum Gasteiger partial charge on any atom is -0.508 e. The van der Waals surface area contributed by atoms with Crippen LogP contribution in [0.3, 0.4) is 0 Å². The first-order valence-corrected chi connectivity index (χ1v) is 13.8. The Bertz CT molecular complexity index is 1670. The van der Waals surface area contributed by atoms with Gasteiger partial charge >= 0.3 is 4.87 Å². The number of nitrogens with one attached hydrogen (secondary N) is 2. The minimum absolute atomic E-state index is 0.0862. The lowest BCUT2D eigenvalue weighted by atomic mass is 9.83. The normalized spacial score (nSPS) is 19.7. The van der Waals surface area contributed by atoms with Gasteiger partial charge in [0.2, 0.25) is 11.8 Å². The zero-order valence-electron chi connectivity index (χ0n) is 20.5. The minimum atomic E-state index is -0.774. The zero-order chi connectivity index (χ0) is 28.0.